The van der Waals surface area contributed by atoms with Gasteiger partial charge >= 0.3 is 0 Å². The Morgan fingerprint density at radius 3 is 1.32 bits per heavy atom. The fraction of sp³-hybridized carbons (Fsp3) is 0.632. The highest BCUT2D eigenvalue weighted by atomic mass is 15.4. The number of nitrogens with zero attached hydrogens (tertiary/aromatic N) is 10. The Morgan fingerprint density at radius 1 is 0.397 bits per heavy atom. The average molecular weight is 1060 g/mol. The average Bonchev–Trinajstić information content (AvgIpc) is 4.01. The number of imidazole rings is 4. The predicted molar refractivity (Wildman–Crippen MR) is 322 cm³/mol. The van der Waals surface area contributed by atoms with E-state index in [4.69, 9.17) is 0 Å². The molecule has 7 aromatic heterocycles. The molecule has 0 amide bonds. The lowest BCUT2D eigenvalue weighted by atomic mass is 9.86. The van der Waals surface area contributed by atoms with E-state index in [1.807, 2.05) is 0 Å². The van der Waals surface area contributed by atoms with Crippen LogP contribution in [0.1, 0.15) is 208 Å². The van der Waals surface area contributed by atoms with Gasteiger partial charge in [-0.1, -0.05) is 0 Å². The molecule has 1 fully saturated rings. The number of fused-ring (bicyclic) bond motifs is 11. The molecule has 0 aliphatic carbocycles. The predicted octanol–water partition coefficient (Wildman–Crippen LogP) is 11.7. The first-order valence-corrected chi connectivity index (χ1v) is 29.7. The lowest BCUT2D eigenvalue weighted by Crippen LogP contribution is -2.66. The van der Waals surface area contributed by atoms with Gasteiger partial charge in [-0.05, 0) is 200 Å². The molecular formula is C68H105N10+5. The molecule has 0 radical (unpaired) electrons. The number of amidine groups is 1. The number of aryl methyl sites for hydroxylation is 9. The Bertz CT molecular complexity index is 3500. The van der Waals surface area contributed by atoms with E-state index >= 15 is 0 Å². The van der Waals surface area contributed by atoms with Crippen molar-refractivity contribution in [1.29, 1.82) is 0 Å². The molecule has 6 aliphatic rings. The van der Waals surface area contributed by atoms with Crippen molar-refractivity contribution in [2.75, 3.05) is 7.05 Å². The Labute approximate surface area is 471 Å². The highest BCUT2D eigenvalue weighted by Gasteiger charge is 2.59. The van der Waals surface area contributed by atoms with Crippen molar-refractivity contribution in [3.8, 4) is 0 Å². The van der Waals surface area contributed by atoms with Crippen LogP contribution in [-0.2, 0) is 54.9 Å². The zero-order valence-electron chi connectivity index (χ0n) is 55.2. The van der Waals surface area contributed by atoms with Crippen LogP contribution in [0.25, 0.3) is 16.7 Å². The minimum atomic E-state index is 0.272. The number of hydrogen-bond acceptors (Lipinski definition) is 1. The third-order valence-corrected chi connectivity index (χ3v) is 21.8. The Balaban J connectivity index is 0.000000120. The van der Waals surface area contributed by atoms with Gasteiger partial charge in [-0.15, -0.1) is 0 Å². The molecule has 422 valence electrons. The number of aromatic nitrogens is 8. The SMILES string of the molecule is CC1C(C)[N+](C)=C2CC(C)(C)N21.Cc1c(C)[n+](C)c2n1C(C)(C)C2.Cc1c(C)c(C)n2c(C)[n+]3c(c2c1C)CC3(C)C.Cc1c(C)c(C)n2c(C)c3[n+](c2c1C)C(C)(C)C3.Cc1c(C)c(C)n2c3[n+](c(C)c2c1C)C(C)(C)C3. The standard InChI is InChI=1S/3C16H23N2.C10H19N2.C10H17N2/c1-9-10(2)12(4)17-13(5)18-14(8-16(18,6)7)15(17)11(9)3;1-9-10(2)12(4)17-14-8-16(6,7)18(14)13(5)15(17)11(9)3;1-9-10(2)12(4)17-13(5)14-8-16(6,7)18(14)15(17)11(9)3;2*1-7-8(2)12-9(11(7)5)6-10(12,3)4/h3*8H2,1-7H3;7-8H,6H2,1-5H3;6H2,1-5H3/q5*+1. The molecule has 7 aromatic rings. The van der Waals surface area contributed by atoms with Gasteiger partial charge < -0.3 is 0 Å². The van der Waals surface area contributed by atoms with E-state index in [2.05, 4.69) is 260 Å². The monoisotopic (exact) mass is 1060 g/mol. The third kappa shape index (κ3) is 7.82. The van der Waals surface area contributed by atoms with Gasteiger partial charge in [-0.2, -0.15) is 13.2 Å². The van der Waals surface area contributed by atoms with Crippen molar-refractivity contribution in [2.45, 2.75) is 273 Å². The Morgan fingerprint density at radius 2 is 0.872 bits per heavy atom. The van der Waals surface area contributed by atoms with Crippen LogP contribution >= 0.6 is 0 Å². The van der Waals surface area contributed by atoms with Gasteiger partial charge in [-0.3, -0.25) is 9.48 Å². The summed E-state index contributed by atoms with van der Waals surface area (Å²) in [5, 5.41) is 0. The van der Waals surface area contributed by atoms with Gasteiger partial charge in [0.05, 0.1) is 46.2 Å². The topological polar surface area (TPSA) is 39.9 Å². The molecule has 13 rings (SSSR count). The molecule has 2 unspecified atom stereocenters. The van der Waals surface area contributed by atoms with Crippen molar-refractivity contribution in [3.63, 3.8) is 0 Å². The lowest BCUT2D eigenvalue weighted by molar-refractivity contribution is -0.807. The van der Waals surface area contributed by atoms with Crippen LogP contribution < -0.4 is 18.3 Å². The molecule has 78 heavy (non-hydrogen) atoms. The Hall–Kier alpha value is -5.25. The maximum absolute atomic E-state index is 2.57. The first-order valence-electron chi connectivity index (χ1n) is 29.7. The van der Waals surface area contributed by atoms with E-state index in [-0.39, 0.29) is 16.6 Å². The fourth-order valence-corrected chi connectivity index (χ4v) is 16.0. The van der Waals surface area contributed by atoms with Gasteiger partial charge in [0, 0.05) is 51.3 Å². The first kappa shape index (κ1) is 57.4. The summed E-state index contributed by atoms with van der Waals surface area (Å²) < 4.78 is 22.2. The number of likely N-dealkylation sites (N-methyl/N-ethyl adjacent to an activating group) is 1. The van der Waals surface area contributed by atoms with Gasteiger partial charge in [0.2, 0.25) is 0 Å². The molecule has 0 saturated carbocycles. The summed E-state index contributed by atoms with van der Waals surface area (Å²) in [5.74, 6) is 5.85. The van der Waals surface area contributed by atoms with Crippen LogP contribution in [-0.4, -0.2) is 57.8 Å². The van der Waals surface area contributed by atoms with Crippen LogP contribution in [0.15, 0.2) is 0 Å². The summed E-state index contributed by atoms with van der Waals surface area (Å²) in [6.07, 6.45) is 6.01. The van der Waals surface area contributed by atoms with E-state index in [9.17, 15) is 0 Å². The van der Waals surface area contributed by atoms with Gasteiger partial charge in [0.25, 0.3) is 29.0 Å². The normalized spacial score (nSPS) is 20.4. The summed E-state index contributed by atoms with van der Waals surface area (Å²) in [6, 6.07) is 1.37. The van der Waals surface area contributed by atoms with Crippen LogP contribution in [0.4, 0.5) is 0 Å². The minimum Gasteiger partial charge on any atom is -0.262 e. The summed E-state index contributed by atoms with van der Waals surface area (Å²) in [6.45, 7) is 66.1. The molecule has 6 aliphatic heterocycles. The quantitative estimate of drug-likeness (QED) is 0.140. The van der Waals surface area contributed by atoms with Crippen LogP contribution in [0.5, 0.6) is 0 Å². The van der Waals surface area contributed by atoms with Gasteiger partial charge in [0.1, 0.15) is 79.6 Å². The number of rotatable bonds is 0. The van der Waals surface area contributed by atoms with E-state index in [1.54, 1.807) is 5.84 Å². The molecule has 13 heterocycles. The summed E-state index contributed by atoms with van der Waals surface area (Å²) >= 11 is 0. The second-order valence-electron chi connectivity index (χ2n) is 28.7. The van der Waals surface area contributed by atoms with Crippen molar-refractivity contribution >= 4 is 22.5 Å². The van der Waals surface area contributed by atoms with E-state index in [1.165, 1.54) is 168 Å². The maximum atomic E-state index is 2.57. The minimum absolute atomic E-state index is 0.272. The van der Waals surface area contributed by atoms with E-state index in [0.29, 0.717) is 23.2 Å². The molecule has 0 bridgehead atoms. The van der Waals surface area contributed by atoms with Crippen LogP contribution in [0.2, 0.25) is 0 Å². The lowest BCUT2D eigenvalue weighted by Gasteiger charge is -2.42. The second-order valence-corrected chi connectivity index (χ2v) is 28.7. The van der Waals surface area contributed by atoms with Crippen molar-refractivity contribution in [3.05, 3.63) is 119 Å². The highest BCUT2D eigenvalue weighted by Crippen LogP contribution is 2.40. The number of pyridine rings is 3. The molecule has 0 N–H and O–H groups in total. The van der Waals surface area contributed by atoms with Crippen molar-refractivity contribution < 1.29 is 22.8 Å². The van der Waals surface area contributed by atoms with Crippen LogP contribution in [0.3, 0.4) is 0 Å². The van der Waals surface area contributed by atoms with Crippen molar-refractivity contribution in [2.24, 2.45) is 7.05 Å². The molecule has 2 atom stereocenters. The van der Waals surface area contributed by atoms with E-state index < -0.39 is 0 Å². The largest absolute Gasteiger partial charge is 0.290 e. The first-order chi connectivity index (χ1) is 35.7. The molecular weight excluding hydrogens is 957 g/mol. The summed E-state index contributed by atoms with van der Waals surface area (Å²) in [5.41, 5.74) is 31.7. The summed E-state index contributed by atoms with van der Waals surface area (Å²) in [7, 11) is 4.37. The zero-order chi connectivity index (χ0) is 58.4. The molecule has 1 saturated heterocycles. The smallest absolute Gasteiger partial charge is 0.262 e. The molecule has 10 heteroatoms. The molecule has 10 nitrogen and oxygen atoms in total. The van der Waals surface area contributed by atoms with Gasteiger partial charge in [-0.25, -0.2) is 22.8 Å². The fourth-order valence-electron chi connectivity index (χ4n) is 16.0. The maximum Gasteiger partial charge on any atom is 0.290 e. The Kier molecular flexibility index (Phi) is 13.3. The van der Waals surface area contributed by atoms with Gasteiger partial charge in [0.15, 0.2) is 22.4 Å². The number of hydrogen-bond donors (Lipinski definition) is 0. The highest BCUT2D eigenvalue weighted by molar-refractivity contribution is 5.87. The molecule has 0 spiro atoms. The summed E-state index contributed by atoms with van der Waals surface area (Å²) in [4.78, 5) is 2.57. The van der Waals surface area contributed by atoms with Crippen LogP contribution in [0, 0.1) is 118 Å². The van der Waals surface area contributed by atoms with Crippen molar-refractivity contribution in [1.82, 2.24) is 22.7 Å². The van der Waals surface area contributed by atoms with E-state index in [0.717, 1.165) is 0 Å². The molecule has 0 aromatic carbocycles. The third-order valence-electron chi connectivity index (χ3n) is 21.8. The zero-order valence-corrected chi connectivity index (χ0v) is 55.2. The second kappa shape index (κ2) is 18.1.